The highest BCUT2D eigenvalue weighted by Crippen LogP contribution is 2.29. The third-order valence-electron chi connectivity index (χ3n) is 2.35. The van der Waals surface area contributed by atoms with Crippen LogP contribution in [0.5, 0.6) is 0 Å². The molecule has 80 valence electrons. The third kappa shape index (κ3) is 4.50. The molecule has 0 rings (SSSR count). The Morgan fingerprint density at radius 1 is 1.23 bits per heavy atom. The zero-order chi connectivity index (χ0) is 10.6. The molecule has 0 bridgehead atoms. The number of rotatable bonds is 4. The van der Waals surface area contributed by atoms with E-state index in [4.69, 9.17) is 0 Å². The van der Waals surface area contributed by atoms with Crippen molar-refractivity contribution in [1.82, 2.24) is 4.90 Å². The van der Waals surface area contributed by atoms with Crippen LogP contribution < -0.4 is 0 Å². The quantitative estimate of drug-likeness (QED) is 0.669. The first-order valence-electron chi connectivity index (χ1n) is 4.56. The smallest absolute Gasteiger partial charge is 0.303 e. The molecule has 0 aromatic heterocycles. The van der Waals surface area contributed by atoms with Gasteiger partial charge in [-0.2, -0.15) is 13.2 Å². The molecule has 0 saturated carbocycles. The fourth-order valence-corrected chi connectivity index (χ4v) is 1.02. The minimum atomic E-state index is -4.06. The fraction of sp³-hybridized carbons (Fsp3) is 1.00. The minimum absolute atomic E-state index is 0.0949. The van der Waals surface area contributed by atoms with E-state index in [1.165, 1.54) is 0 Å². The number of hydrogen-bond donors (Lipinski definition) is 0. The second kappa shape index (κ2) is 4.84. The van der Waals surface area contributed by atoms with E-state index in [2.05, 4.69) is 0 Å². The van der Waals surface area contributed by atoms with Crippen molar-refractivity contribution in [3.05, 3.63) is 0 Å². The molecule has 0 aliphatic heterocycles. The molecule has 0 aliphatic rings. The van der Waals surface area contributed by atoms with Crippen LogP contribution in [0.25, 0.3) is 0 Å². The van der Waals surface area contributed by atoms with Crippen LogP contribution in [-0.2, 0) is 0 Å². The number of halogens is 3. The summed E-state index contributed by atoms with van der Waals surface area (Å²) in [4.78, 5) is 1.72. The molecule has 0 fully saturated rings. The lowest BCUT2D eigenvalue weighted by atomic mass is 10.1. The van der Waals surface area contributed by atoms with Gasteiger partial charge in [0, 0.05) is 12.6 Å². The first-order chi connectivity index (χ1) is 5.79. The Morgan fingerprint density at radius 2 is 1.69 bits per heavy atom. The molecule has 0 radical (unpaired) electrons. The molecular weight excluding hydrogens is 179 g/mol. The van der Waals surface area contributed by atoms with E-state index in [9.17, 15) is 13.2 Å². The van der Waals surface area contributed by atoms with Crippen LogP contribution in [-0.4, -0.2) is 30.7 Å². The topological polar surface area (TPSA) is 3.24 Å². The van der Waals surface area contributed by atoms with Crippen molar-refractivity contribution in [3.63, 3.8) is 0 Å². The molecule has 13 heavy (non-hydrogen) atoms. The van der Waals surface area contributed by atoms with Crippen LogP contribution in [0, 0.1) is 5.92 Å². The Labute approximate surface area is 77.9 Å². The molecule has 4 heteroatoms. The van der Waals surface area contributed by atoms with Gasteiger partial charge in [0.1, 0.15) is 0 Å². The fourth-order valence-electron chi connectivity index (χ4n) is 1.02. The van der Waals surface area contributed by atoms with Gasteiger partial charge < -0.3 is 4.90 Å². The molecule has 0 aromatic rings. The van der Waals surface area contributed by atoms with Crippen molar-refractivity contribution in [2.75, 3.05) is 13.6 Å². The second-order valence-corrected chi connectivity index (χ2v) is 3.68. The summed E-state index contributed by atoms with van der Waals surface area (Å²) in [6, 6.07) is 0.163. The van der Waals surface area contributed by atoms with Crippen LogP contribution in [0.3, 0.4) is 0 Å². The van der Waals surface area contributed by atoms with Crippen LogP contribution in [0.4, 0.5) is 13.2 Å². The van der Waals surface area contributed by atoms with E-state index in [1.54, 1.807) is 18.9 Å². The standard InChI is InChI=1S/C9H18F3N/c1-5-8(9(10,11)12)6-13(4)7(2)3/h7-8H,5-6H2,1-4H3. The highest BCUT2D eigenvalue weighted by molar-refractivity contribution is 4.71. The number of alkyl halides is 3. The summed E-state index contributed by atoms with van der Waals surface area (Å²) in [5.74, 6) is -1.19. The van der Waals surface area contributed by atoms with Gasteiger partial charge >= 0.3 is 6.18 Å². The molecule has 0 aromatic carbocycles. The minimum Gasteiger partial charge on any atom is -0.303 e. The Bertz CT molecular complexity index is 142. The maximum atomic E-state index is 12.3. The summed E-state index contributed by atoms with van der Waals surface area (Å²) in [5, 5.41) is 0. The number of nitrogens with zero attached hydrogens (tertiary/aromatic N) is 1. The van der Waals surface area contributed by atoms with Gasteiger partial charge in [-0.05, 0) is 27.3 Å². The highest BCUT2D eigenvalue weighted by atomic mass is 19.4. The van der Waals surface area contributed by atoms with Gasteiger partial charge in [0.25, 0.3) is 0 Å². The summed E-state index contributed by atoms with van der Waals surface area (Å²) in [5.41, 5.74) is 0. The van der Waals surface area contributed by atoms with E-state index in [-0.39, 0.29) is 19.0 Å². The monoisotopic (exact) mass is 197 g/mol. The molecule has 1 unspecified atom stereocenters. The molecule has 0 aliphatic carbocycles. The van der Waals surface area contributed by atoms with Crippen LogP contribution in [0.15, 0.2) is 0 Å². The van der Waals surface area contributed by atoms with Gasteiger partial charge in [-0.25, -0.2) is 0 Å². The van der Waals surface area contributed by atoms with Gasteiger partial charge in [0.15, 0.2) is 0 Å². The maximum Gasteiger partial charge on any atom is 0.393 e. The van der Waals surface area contributed by atoms with Crippen molar-refractivity contribution >= 4 is 0 Å². The van der Waals surface area contributed by atoms with Crippen LogP contribution in [0.2, 0.25) is 0 Å². The Morgan fingerprint density at radius 3 is 1.92 bits per heavy atom. The lowest BCUT2D eigenvalue weighted by Gasteiger charge is -2.27. The average molecular weight is 197 g/mol. The average Bonchev–Trinajstić information content (AvgIpc) is 1.96. The van der Waals surface area contributed by atoms with E-state index in [0.29, 0.717) is 0 Å². The normalized spacial score (nSPS) is 15.5. The summed E-state index contributed by atoms with van der Waals surface area (Å²) in [6.07, 6.45) is -3.90. The molecule has 0 spiro atoms. The summed E-state index contributed by atoms with van der Waals surface area (Å²) in [7, 11) is 1.72. The van der Waals surface area contributed by atoms with Gasteiger partial charge in [-0.15, -0.1) is 0 Å². The van der Waals surface area contributed by atoms with Crippen LogP contribution in [0.1, 0.15) is 27.2 Å². The van der Waals surface area contributed by atoms with Gasteiger partial charge in [-0.3, -0.25) is 0 Å². The van der Waals surface area contributed by atoms with Gasteiger partial charge in [0.05, 0.1) is 5.92 Å². The molecule has 0 heterocycles. The predicted molar refractivity (Wildman–Crippen MR) is 47.6 cm³/mol. The lowest BCUT2D eigenvalue weighted by molar-refractivity contribution is -0.179. The molecule has 1 atom stereocenters. The maximum absolute atomic E-state index is 12.3. The SMILES string of the molecule is CCC(CN(C)C(C)C)C(F)(F)F. The van der Waals surface area contributed by atoms with Crippen molar-refractivity contribution < 1.29 is 13.2 Å². The second-order valence-electron chi connectivity index (χ2n) is 3.68. The zero-order valence-electron chi connectivity index (χ0n) is 8.65. The number of hydrogen-bond acceptors (Lipinski definition) is 1. The molecule has 0 amide bonds. The van der Waals surface area contributed by atoms with Crippen LogP contribution >= 0.6 is 0 Å². The van der Waals surface area contributed by atoms with E-state index < -0.39 is 12.1 Å². The summed E-state index contributed by atoms with van der Waals surface area (Å²) < 4.78 is 37.0. The molecule has 1 nitrogen and oxygen atoms in total. The van der Waals surface area contributed by atoms with E-state index in [1.807, 2.05) is 13.8 Å². The lowest BCUT2D eigenvalue weighted by Crippen LogP contribution is -2.37. The van der Waals surface area contributed by atoms with Gasteiger partial charge in [-0.1, -0.05) is 6.92 Å². The Balaban J connectivity index is 4.14. The largest absolute Gasteiger partial charge is 0.393 e. The first-order valence-corrected chi connectivity index (χ1v) is 4.56. The van der Waals surface area contributed by atoms with Crippen molar-refractivity contribution in [2.45, 2.75) is 39.4 Å². The van der Waals surface area contributed by atoms with Crippen molar-refractivity contribution in [2.24, 2.45) is 5.92 Å². The zero-order valence-corrected chi connectivity index (χ0v) is 8.65. The third-order valence-corrected chi connectivity index (χ3v) is 2.35. The highest BCUT2D eigenvalue weighted by Gasteiger charge is 2.38. The molecular formula is C9H18F3N. The molecule has 0 N–H and O–H groups in total. The Kier molecular flexibility index (Phi) is 4.75. The first kappa shape index (κ1) is 12.8. The Hall–Kier alpha value is -0.250. The van der Waals surface area contributed by atoms with E-state index in [0.717, 1.165) is 0 Å². The van der Waals surface area contributed by atoms with Crippen molar-refractivity contribution in [1.29, 1.82) is 0 Å². The van der Waals surface area contributed by atoms with Gasteiger partial charge in [0.2, 0.25) is 0 Å². The predicted octanol–water partition coefficient (Wildman–Crippen LogP) is 2.92. The summed E-state index contributed by atoms with van der Waals surface area (Å²) >= 11 is 0. The summed E-state index contributed by atoms with van der Waals surface area (Å²) in [6.45, 7) is 5.45. The van der Waals surface area contributed by atoms with E-state index >= 15 is 0 Å². The molecule has 0 saturated heterocycles. The van der Waals surface area contributed by atoms with Crippen molar-refractivity contribution in [3.8, 4) is 0 Å².